The van der Waals surface area contributed by atoms with E-state index in [4.69, 9.17) is 16.3 Å². The molecule has 2 heterocycles. The predicted molar refractivity (Wildman–Crippen MR) is 159 cm³/mol. The van der Waals surface area contributed by atoms with Crippen molar-refractivity contribution in [3.8, 4) is 5.75 Å². The lowest BCUT2D eigenvalue weighted by molar-refractivity contribution is 0.0945. The molecule has 6 heteroatoms. The van der Waals surface area contributed by atoms with Gasteiger partial charge in [-0.2, -0.15) is 0 Å². The van der Waals surface area contributed by atoms with Crippen LogP contribution in [0.15, 0.2) is 78.9 Å². The molecule has 3 aromatic rings. The molecule has 0 unspecified atom stereocenters. The van der Waals surface area contributed by atoms with Crippen molar-refractivity contribution < 1.29 is 9.53 Å². The Labute approximate surface area is 238 Å². The molecule has 2 fully saturated rings. The van der Waals surface area contributed by atoms with E-state index in [9.17, 15) is 4.79 Å². The van der Waals surface area contributed by atoms with Gasteiger partial charge >= 0.3 is 0 Å². The molecule has 0 spiro atoms. The van der Waals surface area contributed by atoms with Crippen molar-refractivity contribution in [1.82, 2.24) is 15.1 Å². The molecule has 5 nitrogen and oxygen atoms in total. The van der Waals surface area contributed by atoms with Gasteiger partial charge in [0.05, 0.1) is 5.02 Å². The molecule has 1 N–H and O–H groups in total. The molecule has 0 bridgehead atoms. The number of hydrogen-bond donors (Lipinski definition) is 1. The van der Waals surface area contributed by atoms with Crippen molar-refractivity contribution in [2.75, 3.05) is 45.8 Å². The minimum Gasteiger partial charge on any atom is -0.489 e. The van der Waals surface area contributed by atoms with Crippen LogP contribution in [0, 0.1) is 0 Å². The van der Waals surface area contributed by atoms with Gasteiger partial charge < -0.3 is 19.9 Å². The van der Waals surface area contributed by atoms with Gasteiger partial charge in [0.15, 0.2) is 0 Å². The van der Waals surface area contributed by atoms with Gasteiger partial charge in [0.25, 0.3) is 5.91 Å². The van der Waals surface area contributed by atoms with E-state index in [-0.39, 0.29) is 12.0 Å². The van der Waals surface area contributed by atoms with Gasteiger partial charge in [0, 0.05) is 44.2 Å². The average molecular weight is 546 g/mol. The van der Waals surface area contributed by atoms with Crippen molar-refractivity contribution in [3.63, 3.8) is 0 Å². The maximum Gasteiger partial charge on any atom is 0.251 e. The number of ether oxygens (including phenoxy) is 1. The molecule has 2 saturated heterocycles. The van der Waals surface area contributed by atoms with Crippen LogP contribution in [0.25, 0.3) is 0 Å². The highest BCUT2D eigenvalue weighted by Gasteiger charge is 2.25. The first-order valence-electron chi connectivity index (χ1n) is 14.4. The lowest BCUT2D eigenvalue weighted by Gasteiger charge is -2.34. The number of benzene rings is 3. The van der Waals surface area contributed by atoms with Gasteiger partial charge in [-0.1, -0.05) is 78.7 Å². The van der Waals surface area contributed by atoms with Crippen molar-refractivity contribution in [2.24, 2.45) is 0 Å². The van der Waals surface area contributed by atoms with Crippen LogP contribution < -0.4 is 10.1 Å². The zero-order chi connectivity index (χ0) is 26.9. The number of halogens is 1. The second-order valence-corrected chi connectivity index (χ2v) is 11.2. The van der Waals surface area contributed by atoms with Crippen LogP contribution >= 0.6 is 11.6 Å². The maximum atomic E-state index is 12.6. The SMILES string of the molecule is O=C(NCCN1CCCCC1)c1ccc(OC2CCN(CC(c3ccccc3)c3ccccc3)CC2)c(Cl)c1. The molecule has 2 aliphatic heterocycles. The molecule has 5 rings (SSSR count). The van der Waals surface area contributed by atoms with Crippen LogP contribution in [0.1, 0.15) is 59.5 Å². The van der Waals surface area contributed by atoms with Crippen LogP contribution in [-0.2, 0) is 0 Å². The fourth-order valence-electron chi connectivity index (χ4n) is 5.77. The van der Waals surface area contributed by atoms with Crippen LogP contribution in [-0.4, -0.2) is 67.6 Å². The molecule has 0 aromatic heterocycles. The molecule has 0 saturated carbocycles. The zero-order valence-electron chi connectivity index (χ0n) is 22.7. The number of carbonyl (C=O) groups is 1. The molecule has 3 aromatic carbocycles. The number of rotatable bonds is 10. The van der Waals surface area contributed by atoms with E-state index in [0.29, 0.717) is 28.8 Å². The van der Waals surface area contributed by atoms with Gasteiger partial charge in [0.2, 0.25) is 0 Å². The Kier molecular flexibility index (Phi) is 9.92. The van der Waals surface area contributed by atoms with Gasteiger partial charge in [-0.15, -0.1) is 0 Å². The van der Waals surface area contributed by atoms with Gasteiger partial charge in [-0.05, 0) is 68.1 Å². The van der Waals surface area contributed by atoms with Gasteiger partial charge in [0.1, 0.15) is 11.9 Å². The van der Waals surface area contributed by atoms with E-state index in [1.807, 2.05) is 12.1 Å². The van der Waals surface area contributed by atoms with Crippen LogP contribution in [0.4, 0.5) is 0 Å². The van der Waals surface area contributed by atoms with Crippen molar-refractivity contribution >= 4 is 17.5 Å². The Morgan fingerprint density at radius 2 is 1.49 bits per heavy atom. The number of hydrogen-bond acceptors (Lipinski definition) is 4. The number of amides is 1. The van der Waals surface area contributed by atoms with Crippen molar-refractivity contribution in [2.45, 2.75) is 44.1 Å². The molecule has 206 valence electrons. The lowest BCUT2D eigenvalue weighted by atomic mass is 9.90. The van der Waals surface area contributed by atoms with Gasteiger partial charge in [-0.25, -0.2) is 0 Å². The fourth-order valence-corrected chi connectivity index (χ4v) is 6.00. The quantitative estimate of drug-likeness (QED) is 0.328. The van der Waals surface area contributed by atoms with Crippen LogP contribution in [0.2, 0.25) is 5.02 Å². The van der Waals surface area contributed by atoms with Crippen molar-refractivity contribution in [3.05, 3.63) is 101 Å². The highest BCUT2D eigenvalue weighted by Crippen LogP contribution is 2.30. The standard InChI is InChI=1S/C33H40ClN3O2/c34-31-24-28(33(38)35-18-23-36-19-8-3-9-20-36)14-15-32(31)39-29-16-21-37(22-17-29)25-30(26-10-4-1-5-11-26)27-12-6-2-7-13-27/h1-2,4-7,10-15,24,29-30H,3,8-9,16-23,25H2,(H,35,38). The van der Waals surface area contributed by atoms with Gasteiger partial charge in [-0.3, -0.25) is 4.79 Å². The molecular formula is C33H40ClN3O2. The normalized spacial score (nSPS) is 17.3. The molecule has 2 aliphatic rings. The smallest absolute Gasteiger partial charge is 0.251 e. The van der Waals surface area contributed by atoms with Crippen LogP contribution in [0.5, 0.6) is 5.75 Å². The summed E-state index contributed by atoms with van der Waals surface area (Å²) in [6, 6.07) is 27.0. The number of piperidine rings is 2. The minimum absolute atomic E-state index is 0.0832. The summed E-state index contributed by atoms with van der Waals surface area (Å²) in [5, 5.41) is 3.53. The second kappa shape index (κ2) is 14.0. The van der Waals surface area contributed by atoms with Crippen molar-refractivity contribution in [1.29, 1.82) is 0 Å². The predicted octanol–water partition coefficient (Wildman–Crippen LogP) is 6.23. The summed E-state index contributed by atoms with van der Waals surface area (Å²) < 4.78 is 6.31. The summed E-state index contributed by atoms with van der Waals surface area (Å²) in [5.41, 5.74) is 3.28. The first-order chi connectivity index (χ1) is 19.2. The number of nitrogens with one attached hydrogen (secondary N) is 1. The molecule has 0 radical (unpaired) electrons. The van der Waals surface area contributed by atoms with Crippen LogP contribution in [0.3, 0.4) is 0 Å². The summed E-state index contributed by atoms with van der Waals surface area (Å²) >= 11 is 6.56. The van der Waals surface area contributed by atoms with E-state index in [0.717, 1.165) is 52.1 Å². The first kappa shape index (κ1) is 27.7. The lowest BCUT2D eigenvalue weighted by Crippen LogP contribution is -2.40. The maximum absolute atomic E-state index is 12.6. The van der Waals surface area contributed by atoms with E-state index >= 15 is 0 Å². The topological polar surface area (TPSA) is 44.8 Å². The monoisotopic (exact) mass is 545 g/mol. The molecule has 1 amide bonds. The summed E-state index contributed by atoms with van der Waals surface area (Å²) in [7, 11) is 0. The van der Waals surface area contributed by atoms with E-state index in [2.05, 4.69) is 75.8 Å². The first-order valence-corrected chi connectivity index (χ1v) is 14.8. The van der Waals surface area contributed by atoms with E-state index in [1.165, 1.54) is 30.4 Å². The highest BCUT2D eigenvalue weighted by molar-refractivity contribution is 6.32. The third-order valence-corrected chi connectivity index (χ3v) is 8.32. The Hall–Kier alpha value is -2.86. The molecule has 39 heavy (non-hydrogen) atoms. The third kappa shape index (κ3) is 7.84. The molecular weight excluding hydrogens is 506 g/mol. The Balaban J connectivity index is 1.11. The highest BCUT2D eigenvalue weighted by atomic mass is 35.5. The Morgan fingerprint density at radius 1 is 0.846 bits per heavy atom. The third-order valence-electron chi connectivity index (χ3n) is 8.03. The Bertz CT molecular complexity index is 1140. The minimum atomic E-state index is -0.0832. The Morgan fingerprint density at radius 3 is 2.10 bits per heavy atom. The number of likely N-dealkylation sites (tertiary alicyclic amines) is 2. The second-order valence-electron chi connectivity index (χ2n) is 10.8. The summed E-state index contributed by atoms with van der Waals surface area (Å²) in [4.78, 5) is 17.6. The number of carbonyl (C=O) groups excluding carboxylic acids is 1. The molecule has 0 atom stereocenters. The van der Waals surface area contributed by atoms with E-state index in [1.54, 1.807) is 6.07 Å². The zero-order valence-corrected chi connectivity index (χ0v) is 23.5. The largest absolute Gasteiger partial charge is 0.489 e. The fraction of sp³-hybridized carbons (Fsp3) is 0.424. The summed E-state index contributed by atoms with van der Waals surface area (Å²) in [6.07, 6.45) is 5.85. The van der Waals surface area contributed by atoms with E-state index < -0.39 is 0 Å². The average Bonchev–Trinajstić information content (AvgIpc) is 2.99. The number of nitrogens with zero attached hydrogens (tertiary/aromatic N) is 2. The molecule has 0 aliphatic carbocycles. The summed E-state index contributed by atoms with van der Waals surface area (Å²) in [6.45, 7) is 6.77. The summed E-state index contributed by atoms with van der Waals surface area (Å²) in [5.74, 6) is 0.921.